The Bertz CT molecular complexity index is 1300. The Morgan fingerprint density at radius 1 is 1.16 bits per heavy atom. The number of anilines is 1. The van der Waals surface area contributed by atoms with E-state index in [4.69, 9.17) is 4.74 Å². The second-order valence-electron chi connectivity index (χ2n) is 8.53. The van der Waals surface area contributed by atoms with Crippen molar-refractivity contribution in [3.8, 4) is 6.07 Å². The number of allylic oxidation sites excluding steroid dienone is 1. The molecule has 1 heterocycles. The third kappa shape index (κ3) is 5.06. The predicted octanol–water partition coefficient (Wildman–Crippen LogP) is 4.92. The topological polar surface area (TPSA) is 103 Å². The number of urea groups is 2. The van der Waals surface area contributed by atoms with Gasteiger partial charge in [-0.15, -0.1) is 0 Å². The fourth-order valence-electron chi connectivity index (χ4n) is 4.54. The van der Waals surface area contributed by atoms with E-state index in [1.165, 1.54) is 31.4 Å². The lowest BCUT2D eigenvalue weighted by atomic mass is 9.83. The number of carbonyl (C=O) groups is 3. The molecule has 11 heteroatoms. The summed E-state index contributed by atoms with van der Waals surface area (Å²) in [5, 5.41) is 11.7. The van der Waals surface area contributed by atoms with Crippen LogP contribution in [0.3, 0.4) is 0 Å². The zero-order valence-corrected chi connectivity index (χ0v) is 19.8. The van der Waals surface area contributed by atoms with E-state index < -0.39 is 29.8 Å². The summed E-state index contributed by atoms with van der Waals surface area (Å²) in [5.41, 5.74) is 0.116. The number of amides is 4. The molecule has 1 unspecified atom stereocenters. The maximum atomic E-state index is 13.9. The molecule has 0 saturated heterocycles. The van der Waals surface area contributed by atoms with Crippen molar-refractivity contribution in [2.24, 2.45) is 0 Å². The SMILES string of the molecule is COCCNC(=O)N1C(=O)N(c2cccc(C(F)(F)F)c2)C2=C(C(=O)CCC2)C1c1ccc(C#N)cc1. The molecule has 2 aromatic rings. The first kappa shape index (κ1) is 25.9. The maximum Gasteiger partial charge on any atom is 0.416 e. The van der Waals surface area contributed by atoms with E-state index in [2.05, 4.69) is 5.32 Å². The smallest absolute Gasteiger partial charge is 0.383 e. The van der Waals surface area contributed by atoms with Crippen molar-refractivity contribution >= 4 is 23.5 Å². The summed E-state index contributed by atoms with van der Waals surface area (Å²) in [5.74, 6) is -0.310. The normalized spacial score (nSPS) is 18.0. The molecule has 1 aliphatic carbocycles. The van der Waals surface area contributed by atoms with Gasteiger partial charge in [0, 0.05) is 31.3 Å². The standard InChI is InChI=1S/C26H23F3N4O4/c1-37-13-12-31-24(35)33-23(17-10-8-16(15-30)9-11-17)22-20(6-3-7-21(22)34)32(25(33)36)19-5-2-4-18(14-19)26(27,28)29/h2,4-5,8-11,14,23H,3,6-7,12-13H2,1H3,(H,31,35). The molecule has 1 aliphatic heterocycles. The van der Waals surface area contributed by atoms with Crippen LogP contribution in [0.15, 0.2) is 59.8 Å². The van der Waals surface area contributed by atoms with E-state index in [1.54, 1.807) is 12.1 Å². The van der Waals surface area contributed by atoms with E-state index in [0.717, 1.165) is 21.9 Å². The number of ether oxygens (including phenoxy) is 1. The highest BCUT2D eigenvalue weighted by Gasteiger charge is 2.47. The van der Waals surface area contributed by atoms with Crippen LogP contribution in [0.1, 0.15) is 42.0 Å². The summed E-state index contributed by atoms with van der Waals surface area (Å²) in [6.45, 7) is 0.210. The number of halogens is 3. The number of ketones is 1. The molecule has 0 aromatic heterocycles. The van der Waals surface area contributed by atoms with Crippen LogP contribution in [0.5, 0.6) is 0 Å². The van der Waals surface area contributed by atoms with Gasteiger partial charge in [-0.3, -0.25) is 9.69 Å². The van der Waals surface area contributed by atoms with E-state index in [0.29, 0.717) is 17.5 Å². The minimum Gasteiger partial charge on any atom is -0.383 e. The number of rotatable bonds is 5. The van der Waals surface area contributed by atoms with Crippen molar-refractivity contribution in [3.63, 3.8) is 0 Å². The van der Waals surface area contributed by atoms with E-state index in [-0.39, 0.29) is 48.7 Å². The third-order valence-corrected chi connectivity index (χ3v) is 6.22. The summed E-state index contributed by atoms with van der Waals surface area (Å²) in [4.78, 5) is 42.4. The first-order valence-electron chi connectivity index (χ1n) is 11.5. The van der Waals surface area contributed by atoms with E-state index >= 15 is 0 Å². The Morgan fingerprint density at radius 2 is 1.89 bits per heavy atom. The lowest BCUT2D eigenvalue weighted by molar-refractivity contribution is -0.137. The van der Waals surface area contributed by atoms with Gasteiger partial charge in [0.1, 0.15) is 0 Å². The Morgan fingerprint density at radius 3 is 2.54 bits per heavy atom. The summed E-state index contributed by atoms with van der Waals surface area (Å²) in [7, 11) is 1.44. The van der Waals surface area contributed by atoms with Crippen LogP contribution >= 0.6 is 0 Å². The van der Waals surface area contributed by atoms with Crippen LogP contribution < -0.4 is 10.2 Å². The van der Waals surface area contributed by atoms with Gasteiger partial charge in [-0.05, 0) is 48.7 Å². The highest BCUT2D eigenvalue weighted by molar-refractivity contribution is 6.11. The Hall–Kier alpha value is -4.17. The molecule has 1 atom stereocenters. The average molecular weight is 512 g/mol. The Balaban J connectivity index is 1.91. The number of methoxy groups -OCH3 is 1. The van der Waals surface area contributed by atoms with Crippen LogP contribution in [-0.2, 0) is 15.7 Å². The molecule has 2 aliphatic rings. The minimum atomic E-state index is -4.66. The van der Waals surface area contributed by atoms with Gasteiger partial charge in [0.25, 0.3) is 0 Å². The van der Waals surface area contributed by atoms with Crippen LogP contribution in [0.4, 0.5) is 28.4 Å². The summed E-state index contributed by atoms with van der Waals surface area (Å²) < 4.78 is 45.4. The highest BCUT2D eigenvalue weighted by Crippen LogP contribution is 2.44. The molecule has 37 heavy (non-hydrogen) atoms. The van der Waals surface area contributed by atoms with Crippen molar-refractivity contribution in [3.05, 3.63) is 76.5 Å². The molecular formula is C26H23F3N4O4. The summed E-state index contributed by atoms with van der Waals surface area (Å²) in [6, 6.07) is 9.48. The van der Waals surface area contributed by atoms with Crippen molar-refractivity contribution in [1.82, 2.24) is 10.2 Å². The van der Waals surface area contributed by atoms with Crippen molar-refractivity contribution in [2.45, 2.75) is 31.5 Å². The number of nitrogens with zero attached hydrogens (tertiary/aromatic N) is 3. The second-order valence-corrected chi connectivity index (χ2v) is 8.53. The minimum absolute atomic E-state index is 0.0581. The van der Waals surface area contributed by atoms with Crippen molar-refractivity contribution < 1.29 is 32.3 Å². The lowest BCUT2D eigenvalue weighted by Crippen LogP contribution is -2.57. The fraction of sp³-hybridized carbons (Fsp3) is 0.308. The van der Waals surface area contributed by atoms with Gasteiger partial charge in [0.05, 0.1) is 35.5 Å². The molecule has 0 bridgehead atoms. The molecule has 8 nitrogen and oxygen atoms in total. The van der Waals surface area contributed by atoms with Crippen LogP contribution in [0.2, 0.25) is 0 Å². The van der Waals surface area contributed by atoms with E-state index in [1.807, 2.05) is 6.07 Å². The molecule has 0 fully saturated rings. The van der Waals surface area contributed by atoms with Crippen LogP contribution in [-0.4, -0.2) is 43.0 Å². The Labute approximate surface area is 210 Å². The number of carbonyl (C=O) groups excluding carboxylic acids is 3. The molecule has 0 saturated carbocycles. The largest absolute Gasteiger partial charge is 0.416 e. The number of alkyl halides is 3. The van der Waals surface area contributed by atoms with Gasteiger partial charge in [-0.1, -0.05) is 18.2 Å². The number of benzene rings is 2. The summed E-state index contributed by atoms with van der Waals surface area (Å²) in [6.07, 6.45) is -3.83. The zero-order valence-electron chi connectivity index (χ0n) is 19.8. The van der Waals surface area contributed by atoms with Gasteiger partial charge in [0.2, 0.25) is 0 Å². The van der Waals surface area contributed by atoms with Crippen LogP contribution in [0, 0.1) is 11.3 Å². The lowest BCUT2D eigenvalue weighted by Gasteiger charge is -2.44. The number of nitriles is 1. The van der Waals surface area contributed by atoms with Gasteiger partial charge < -0.3 is 10.1 Å². The van der Waals surface area contributed by atoms with E-state index in [9.17, 15) is 32.8 Å². The number of hydrogen-bond donors (Lipinski definition) is 1. The van der Waals surface area contributed by atoms with Crippen molar-refractivity contribution in [1.29, 1.82) is 5.26 Å². The molecule has 4 amide bonds. The molecule has 4 rings (SSSR count). The van der Waals surface area contributed by atoms with Gasteiger partial charge in [-0.25, -0.2) is 14.5 Å². The van der Waals surface area contributed by atoms with Crippen LogP contribution in [0.25, 0.3) is 0 Å². The molecule has 0 radical (unpaired) electrons. The number of nitrogens with one attached hydrogen (secondary N) is 1. The molecular weight excluding hydrogens is 489 g/mol. The van der Waals surface area contributed by atoms with Gasteiger partial charge in [-0.2, -0.15) is 18.4 Å². The molecule has 192 valence electrons. The zero-order chi connectivity index (χ0) is 26.7. The summed E-state index contributed by atoms with van der Waals surface area (Å²) >= 11 is 0. The quantitative estimate of drug-likeness (QED) is 0.573. The Kier molecular flexibility index (Phi) is 7.31. The average Bonchev–Trinajstić information content (AvgIpc) is 2.88. The number of Topliss-reactive ketones (excluding diaryl/α,β-unsaturated/α-hetero) is 1. The number of imide groups is 1. The predicted molar refractivity (Wildman–Crippen MR) is 126 cm³/mol. The van der Waals surface area contributed by atoms with Gasteiger partial charge >= 0.3 is 18.2 Å². The highest BCUT2D eigenvalue weighted by atomic mass is 19.4. The molecule has 2 aromatic carbocycles. The van der Waals surface area contributed by atoms with Crippen molar-refractivity contribution in [2.75, 3.05) is 25.2 Å². The first-order chi connectivity index (χ1) is 17.7. The first-order valence-corrected chi connectivity index (χ1v) is 11.5. The monoisotopic (exact) mass is 512 g/mol. The second kappa shape index (κ2) is 10.4. The maximum absolute atomic E-state index is 13.9. The molecule has 0 spiro atoms. The number of hydrogen-bond acceptors (Lipinski definition) is 5. The third-order valence-electron chi connectivity index (χ3n) is 6.22. The fourth-order valence-corrected chi connectivity index (χ4v) is 4.54. The van der Waals surface area contributed by atoms with Gasteiger partial charge in [0.15, 0.2) is 5.78 Å². The molecule has 1 N–H and O–H groups in total.